The Labute approximate surface area is 153 Å². The molecule has 1 amide bonds. The molecule has 26 heavy (non-hydrogen) atoms. The summed E-state index contributed by atoms with van der Waals surface area (Å²) in [5, 5.41) is 10.8. The smallest absolute Gasteiger partial charge is 0.234 e. The van der Waals surface area contributed by atoms with Gasteiger partial charge in [0.2, 0.25) is 5.91 Å². The number of hydrogen-bond donors (Lipinski definition) is 1. The number of rotatable bonds is 5. The average molecular weight is 374 g/mol. The molecule has 3 aromatic rings. The monoisotopic (exact) mass is 374 g/mol. The summed E-state index contributed by atoms with van der Waals surface area (Å²) >= 11 is 1.16. The highest BCUT2D eigenvalue weighted by atomic mass is 32.2. The van der Waals surface area contributed by atoms with Crippen molar-refractivity contribution in [1.82, 2.24) is 14.8 Å². The van der Waals surface area contributed by atoms with Crippen molar-refractivity contribution in [2.75, 3.05) is 11.1 Å². The molecule has 0 aliphatic rings. The first-order valence-electron chi connectivity index (χ1n) is 7.79. The number of aromatic nitrogens is 3. The van der Waals surface area contributed by atoms with E-state index in [-0.39, 0.29) is 11.4 Å². The third-order valence-corrected chi connectivity index (χ3v) is 4.61. The summed E-state index contributed by atoms with van der Waals surface area (Å²) in [6.07, 6.45) is 1.57. The number of thioether (sulfide) groups is 1. The predicted octanol–water partition coefficient (Wildman–Crippen LogP) is 3.89. The van der Waals surface area contributed by atoms with Crippen LogP contribution in [0.15, 0.2) is 47.9 Å². The molecule has 2 aromatic carbocycles. The van der Waals surface area contributed by atoms with Gasteiger partial charge in [0.25, 0.3) is 0 Å². The number of nitrogens with one attached hydrogen (secondary N) is 1. The lowest BCUT2D eigenvalue weighted by Crippen LogP contribution is -2.15. The minimum Gasteiger partial charge on any atom is -0.323 e. The predicted molar refractivity (Wildman–Crippen MR) is 96.5 cm³/mol. The molecular formula is C18H16F2N4OS. The average Bonchev–Trinajstić information content (AvgIpc) is 3.04. The Morgan fingerprint density at radius 2 is 2.00 bits per heavy atom. The zero-order valence-electron chi connectivity index (χ0n) is 14.2. The molecule has 0 aliphatic heterocycles. The number of carbonyl (C=O) groups excluding carboxylic acids is 1. The van der Waals surface area contributed by atoms with Crippen LogP contribution in [0.2, 0.25) is 0 Å². The molecule has 8 heteroatoms. The SMILES string of the molecule is Cc1ccc(-n2cnnc2SCC(=O)Nc2cc(F)ccc2F)c(C)c1. The third kappa shape index (κ3) is 4.08. The summed E-state index contributed by atoms with van der Waals surface area (Å²) in [5.41, 5.74) is 2.93. The Bertz CT molecular complexity index is 958. The number of amides is 1. The summed E-state index contributed by atoms with van der Waals surface area (Å²) in [5.74, 6) is -1.79. The largest absolute Gasteiger partial charge is 0.323 e. The molecule has 3 rings (SSSR count). The van der Waals surface area contributed by atoms with Crippen LogP contribution in [0.1, 0.15) is 11.1 Å². The standard InChI is InChI=1S/C18H16F2N4OS/c1-11-3-6-16(12(2)7-11)24-10-21-23-18(24)26-9-17(25)22-15-8-13(19)4-5-14(15)20/h3-8,10H,9H2,1-2H3,(H,22,25). The maximum Gasteiger partial charge on any atom is 0.234 e. The maximum absolute atomic E-state index is 13.6. The highest BCUT2D eigenvalue weighted by Crippen LogP contribution is 2.23. The van der Waals surface area contributed by atoms with Crippen molar-refractivity contribution in [1.29, 1.82) is 0 Å². The first kappa shape index (κ1) is 18.1. The topological polar surface area (TPSA) is 59.8 Å². The van der Waals surface area contributed by atoms with Crippen LogP contribution in [0.3, 0.4) is 0 Å². The lowest BCUT2D eigenvalue weighted by molar-refractivity contribution is -0.113. The zero-order chi connectivity index (χ0) is 18.7. The fraction of sp³-hybridized carbons (Fsp3) is 0.167. The van der Waals surface area contributed by atoms with Gasteiger partial charge in [-0.15, -0.1) is 10.2 Å². The normalized spacial score (nSPS) is 10.8. The van der Waals surface area contributed by atoms with E-state index in [9.17, 15) is 13.6 Å². The molecule has 1 aromatic heterocycles. The van der Waals surface area contributed by atoms with E-state index >= 15 is 0 Å². The van der Waals surface area contributed by atoms with E-state index in [1.807, 2.05) is 32.0 Å². The van der Waals surface area contributed by atoms with E-state index in [1.165, 1.54) is 0 Å². The maximum atomic E-state index is 13.6. The lowest BCUT2D eigenvalue weighted by Gasteiger charge is -2.10. The first-order chi connectivity index (χ1) is 12.4. The fourth-order valence-corrected chi connectivity index (χ4v) is 3.20. The highest BCUT2D eigenvalue weighted by Gasteiger charge is 2.13. The molecule has 0 saturated heterocycles. The number of aryl methyl sites for hydroxylation is 2. The first-order valence-corrected chi connectivity index (χ1v) is 8.78. The molecule has 1 heterocycles. The number of anilines is 1. The van der Waals surface area contributed by atoms with E-state index in [2.05, 4.69) is 15.5 Å². The van der Waals surface area contributed by atoms with Gasteiger partial charge in [-0.25, -0.2) is 8.78 Å². The van der Waals surface area contributed by atoms with Gasteiger partial charge in [-0.3, -0.25) is 9.36 Å². The Morgan fingerprint density at radius 3 is 2.77 bits per heavy atom. The van der Waals surface area contributed by atoms with Gasteiger partial charge < -0.3 is 5.32 Å². The van der Waals surface area contributed by atoms with E-state index in [1.54, 1.807) is 10.9 Å². The van der Waals surface area contributed by atoms with Crippen LogP contribution in [0.5, 0.6) is 0 Å². The molecule has 0 fully saturated rings. The van der Waals surface area contributed by atoms with Crippen molar-refractivity contribution in [2.24, 2.45) is 0 Å². The molecule has 0 radical (unpaired) electrons. The van der Waals surface area contributed by atoms with Gasteiger partial charge in [-0.2, -0.15) is 0 Å². The van der Waals surface area contributed by atoms with Crippen molar-refractivity contribution in [2.45, 2.75) is 19.0 Å². The van der Waals surface area contributed by atoms with E-state index < -0.39 is 17.5 Å². The van der Waals surface area contributed by atoms with Gasteiger partial charge in [0, 0.05) is 6.07 Å². The quantitative estimate of drug-likeness (QED) is 0.688. The van der Waals surface area contributed by atoms with Crippen LogP contribution >= 0.6 is 11.8 Å². The van der Waals surface area contributed by atoms with E-state index in [0.717, 1.165) is 46.8 Å². The lowest BCUT2D eigenvalue weighted by atomic mass is 10.1. The molecule has 0 aliphatic carbocycles. The van der Waals surface area contributed by atoms with E-state index in [4.69, 9.17) is 0 Å². The number of halogens is 2. The summed E-state index contributed by atoms with van der Waals surface area (Å²) < 4.78 is 28.5. The van der Waals surface area contributed by atoms with Crippen LogP contribution in [0.25, 0.3) is 5.69 Å². The van der Waals surface area contributed by atoms with Gasteiger partial charge in [-0.05, 0) is 37.6 Å². The van der Waals surface area contributed by atoms with Crippen LogP contribution < -0.4 is 5.32 Å². The summed E-state index contributed by atoms with van der Waals surface area (Å²) in [4.78, 5) is 12.1. The summed E-state index contributed by atoms with van der Waals surface area (Å²) in [7, 11) is 0. The van der Waals surface area contributed by atoms with Gasteiger partial charge in [0.15, 0.2) is 5.16 Å². The van der Waals surface area contributed by atoms with Crippen LogP contribution in [-0.4, -0.2) is 26.4 Å². The van der Waals surface area contributed by atoms with Crippen molar-refractivity contribution in [3.63, 3.8) is 0 Å². The Hall–Kier alpha value is -2.74. The number of hydrogen-bond acceptors (Lipinski definition) is 4. The molecule has 0 bridgehead atoms. The summed E-state index contributed by atoms with van der Waals surface area (Å²) in [6, 6.07) is 8.89. The zero-order valence-corrected chi connectivity index (χ0v) is 15.0. The highest BCUT2D eigenvalue weighted by molar-refractivity contribution is 7.99. The minimum atomic E-state index is -0.691. The number of benzene rings is 2. The second-order valence-corrected chi connectivity index (χ2v) is 6.68. The van der Waals surface area contributed by atoms with E-state index in [0.29, 0.717) is 5.16 Å². The Kier molecular flexibility index (Phi) is 5.32. The van der Waals surface area contributed by atoms with Gasteiger partial charge in [0.05, 0.1) is 17.1 Å². The number of carbonyl (C=O) groups is 1. The van der Waals surface area contributed by atoms with Crippen molar-refractivity contribution < 1.29 is 13.6 Å². The van der Waals surface area contributed by atoms with Crippen molar-refractivity contribution in [3.8, 4) is 5.69 Å². The molecule has 0 spiro atoms. The van der Waals surface area contributed by atoms with Gasteiger partial charge in [0.1, 0.15) is 18.0 Å². The Morgan fingerprint density at radius 1 is 1.19 bits per heavy atom. The van der Waals surface area contributed by atoms with Crippen molar-refractivity contribution in [3.05, 3.63) is 65.5 Å². The van der Waals surface area contributed by atoms with Gasteiger partial charge >= 0.3 is 0 Å². The molecule has 0 saturated carbocycles. The minimum absolute atomic E-state index is 0.0143. The second-order valence-electron chi connectivity index (χ2n) is 5.73. The summed E-state index contributed by atoms with van der Waals surface area (Å²) in [6.45, 7) is 3.99. The van der Waals surface area contributed by atoms with Crippen molar-refractivity contribution >= 4 is 23.4 Å². The molecule has 1 N–H and O–H groups in total. The Balaban J connectivity index is 1.70. The van der Waals surface area contributed by atoms with Crippen LogP contribution in [0.4, 0.5) is 14.5 Å². The molecule has 0 atom stereocenters. The second kappa shape index (κ2) is 7.65. The molecule has 5 nitrogen and oxygen atoms in total. The molecule has 134 valence electrons. The molecule has 0 unspecified atom stereocenters. The van der Waals surface area contributed by atoms with Crippen LogP contribution in [-0.2, 0) is 4.79 Å². The van der Waals surface area contributed by atoms with Crippen LogP contribution in [0, 0.1) is 25.5 Å². The van der Waals surface area contributed by atoms with Gasteiger partial charge in [-0.1, -0.05) is 29.5 Å². The molecular weight excluding hydrogens is 358 g/mol. The fourth-order valence-electron chi connectivity index (χ4n) is 2.47. The number of nitrogens with zero attached hydrogens (tertiary/aromatic N) is 3. The third-order valence-electron chi connectivity index (χ3n) is 3.66.